The molecule has 2 unspecified atom stereocenters. The summed E-state index contributed by atoms with van der Waals surface area (Å²) in [5.41, 5.74) is 3.44. The molecule has 0 radical (unpaired) electrons. The Morgan fingerprint density at radius 3 is 2.52 bits per heavy atom. The standard InChI is InChI=1S/C14H19N5OS/c1-10(21(2)20)9-16-12-8-13(19-15)18-14(17-12)11-6-4-3-5-7-11/h3-8,10H,9,15H2,1-2H3,(H2,16,17,18,19). The zero-order valence-corrected chi connectivity index (χ0v) is 12.9. The van der Waals surface area contributed by atoms with Crippen molar-refractivity contribution in [2.45, 2.75) is 12.2 Å². The van der Waals surface area contributed by atoms with E-state index in [2.05, 4.69) is 20.7 Å². The molecule has 2 atom stereocenters. The van der Waals surface area contributed by atoms with Gasteiger partial charge in [0.25, 0.3) is 0 Å². The fourth-order valence-electron chi connectivity index (χ4n) is 1.69. The second kappa shape index (κ2) is 7.14. The van der Waals surface area contributed by atoms with Crippen molar-refractivity contribution >= 4 is 22.4 Å². The van der Waals surface area contributed by atoms with E-state index < -0.39 is 10.8 Å². The third-order valence-electron chi connectivity index (χ3n) is 3.04. The van der Waals surface area contributed by atoms with Crippen molar-refractivity contribution in [3.63, 3.8) is 0 Å². The molecule has 0 saturated heterocycles. The SMILES string of the molecule is CC(CNc1cc(NN)nc(-c2ccccc2)n1)S(C)=O. The third-order valence-corrected chi connectivity index (χ3v) is 4.34. The van der Waals surface area contributed by atoms with E-state index in [0.717, 1.165) is 5.56 Å². The molecule has 112 valence electrons. The van der Waals surface area contributed by atoms with Crippen molar-refractivity contribution in [3.05, 3.63) is 36.4 Å². The Morgan fingerprint density at radius 1 is 1.24 bits per heavy atom. The lowest BCUT2D eigenvalue weighted by Gasteiger charge is -2.12. The van der Waals surface area contributed by atoms with Gasteiger partial charge in [-0.1, -0.05) is 30.3 Å². The molecule has 0 amide bonds. The van der Waals surface area contributed by atoms with Crippen LogP contribution >= 0.6 is 0 Å². The molecule has 0 saturated carbocycles. The summed E-state index contributed by atoms with van der Waals surface area (Å²) in [4.78, 5) is 8.80. The normalized spacial score (nSPS) is 13.5. The first kappa shape index (κ1) is 15.4. The summed E-state index contributed by atoms with van der Waals surface area (Å²) >= 11 is 0. The molecule has 2 aromatic rings. The molecule has 0 aliphatic heterocycles. The van der Waals surface area contributed by atoms with E-state index in [1.54, 1.807) is 12.3 Å². The zero-order chi connectivity index (χ0) is 15.2. The van der Waals surface area contributed by atoms with Gasteiger partial charge in [-0.25, -0.2) is 15.8 Å². The van der Waals surface area contributed by atoms with Gasteiger partial charge in [-0.2, -0.15) is 0 Å². The molecule has 0 spiro atoms. The van der Waals surface area contributed by atoms with Crippen LogP contribution in [0.4, 0.5) is 11.6 Å². The van der Waals surface area contributed by atoms with Crippen molar-refractivity contribution in [1.82, 2.24) is 9.97 Å². The van der Waals surface area contributed by atoms with Gasteiger partial charge in [-0.15, -0.1) is 0 Å². The number of hydrazine groups is 1. The van der Waals surface area contributed by atoms with Gasteiger partial charge < -0.3 is 10.7 Å². The maximum atomic E-state index is 11.4. The maximum absolute atomic E-state index is 11.4. The van der Waals surface area contributed by atoms with Gasteiger partial charge in [-0.05, 0) is 6.92 Å². The molecule has 1 aromatic carbocycles. The molecule has 7 heteroatoms. The maximum Gasteiger partial charge on any atom is 0.163 e. The van der Waals surface area contributed by atoms with Gasteiger partial charge in [0, 0.05) is 40.5 Å². The van der Waals surface area contributed by atoms with E-state index in [0.29, 0.717) is 24.0 Å². The Kier molecular flexibility index (Phi) is 5.24. The Labute approximate surface area is 126 Å². The Balaban J connectivity index is 2.24. The molecule has 0 bridgehead atoms. The number of nitrogens with zero attached hydrogens (tertiary/aromatic N) is 2. The molecular formula is C14H19N5OS. The van der Waals surface area contributed by atoms with Crippen molar-refractivity contribution in [2.24, 2.45) is 5.84 Å². The van der Waals surface area contributed by atoms with Crippen LogP contribution in [-0.2, 0) is 10.8 Å². The van der Waals surface area contributed by atoms with Crippen LogP contribution in [0, 0.1) is 0 Å². The molecule has 6 nitrogen and oxygen atoms in total. The monoisotopic (exact) mass is 305 g/mol. The van der Waals surface area contributed by atoms with E-state index in [-0.39, 0.29) is 5.25 Å². The first-order valence-corrected chi connectivity index (χ1v) is 8.19. The number of nitrogen functional groups attached to an aromatic ring is 1. The summed E-state index contributed by atoms with van der Waals surface area (Å²) in [5, 5.41) is 3.21. The highest BCUT2D eigenvalue weighted by Gasteiger charge is 2.09. The third kappa shape index (κ3) is 4.24. The summed E-state index contributed by atoms with van der Waals surface area (Å²) in [6, 6.07) is 11.4. The zero-order valence-electron chi connectivity index (χ0n) is 12.0. The Morgan fingerprint density at radius 2 is 1.90 bits per heavy atom. The van der Waals surface area contributed by atoms with E-state index >= 15 is 0 Å². The first-order valence-electron chi connectivity index (χ1n) is 6.57. The lowest BCUT2D eigenvalue weighted by molar-refractivity contribution is 0.679. The minimum atomic E-state index is -0.879. The lowest BCUT2D eigenvalue weighted by atomic mass is 10.2. The van der Waals surface area contributed by atoms with Crippen molar-refractivity contribution in [1.29, 1.82) is 0 Å². The van der Waals surface area contributed by atoms with Gasteiger partial charge >= 0.3 is 0 Å². The number of hydrogen-bond acceptors (Lipinski definition) is 6. The first-order chi connectivity index (χ1) is 10.1. The number of aromatic nitrogens is 2. The highest BCUT2D eigenvalue weighted by atomic mass is 32.2. The van der Waals surface area contributed by atoms with Gasteiger partial charge in [0.2, 0.25) is 0 Å². The van der Waals surface area contributed by atoms with Crippen LogP contribution < -0.4 is 16.6 Å². The van der Waals surface area contributed by atoms with Crippen LogP contribution in [-0.4, -0.2) is 32.2 Å². The molecule has 4 N–H and O–H groups in total. The highest BCUT2D eigenvalue weighted by Crippen LogP contribution is 2.19. The summed E-state index contributed by atoms with van der Waals surface area (Å²) in [7, 11) is -0.879. The van der Waals surface area contributed by atoms with E-state index in [9.17, 15) is 4.21 Å². The summed E-state index contributed by atoms with van der Waals surface area (Å²) in [5.74, 6) is 7.21. The summed E-state index contributed by atoms with van der Waals surface area (Å²) < 4.78 is 11.4. The largest absolute Gasteiger partial charge is 0.369 e. The Bertz CT molecular complexity index is 620. The average Bonchev–Trinajstić information content (AvgIpc) is 2.52. The van der Waals surface area contributed by atoms with Crippen LogP contribution in [0.1, 0.15) is 6.92 Å². The smallest absolute Gasteiger partial charge is 0.163 e. The number of rotatable bonds is 6. The number of anilines is 2. The lowest BCUT2D eigenvalue weighted by Crippen LogP contribution is -2.21. The van der Waals surface area contributed by atoms with Crippen LogP contribution in [0.5, 0.6) is 0 Å². The van der Waals surface area contributed by atoms with Gasteiger partial charge in [0.05, 0.1) is 0 Å². The van der Waals surface area contributed by atoms with Gasteiger partial charge in [0.1, 0.15) is 11.6 Å². The second-order valence-electron chi connectivity index (χ2n) is 4.66. The number of benzene rings is 1. The fraction of sp³-hybridized carbons (Fsp3) is 0.286. The quantitative estimate of drug-likeness (QED) is 0.554. The van der Waals surface area contributed by atoms with E-state index in [4.69, 9.17) is 5.84 Å². The molecule has 2 rings (SSSR count). The average molecular weight is 305 g/mol. The van der Waals surface area contributed by atoms with Crippen molar-refractivity contribution < 1.29 is 4.21 Å². The predicted octanol–water partition coefficient (Wildman–Crippen LogP) is 1.61. The van der Waals surface area contributed by atoms with Crippen LogP contribution in [0.3, 0.4) is 0 Å². The van der Waals surface area contributed by atoms with Crippen LogP contribution in [0.2, 0.25) is 0 Å². The molecule has 0 aliphatic rings. The predicted molar refractivity (Wildman–Crippen MR) is 87.3 cm³/mol. The van der Waals surface area contributed by atoms with Gasteiger partial charge in [0.15, 0.2) is 5.82 Å². The number of hydrogen-bond donors (Lipinski definition) is 3. The second-order valence-corrected chi connectivity index (χ2v) is 6.46. The van der Waals surface area contributed by atoms with Crippen LogP contribution in [0.15, 0.2) is 36.4 Å². The minimum absolute atomic E-state index is 0.0365. The topological polar surface area (TPSA) is 92.9 Å². The van der Waals surface area contributed by atoms with Crippen molar-refractivity contribution in [2.75, 3.05) is 23.5 Å². The molecular weight excluding hydrogens is 286 g/mol. The number of nitrogens with one attached hydrogen (secondary N) is 2. The molecule has 0 fully saturated rings. The summed E-state index contributed by atoms with van der Waals surface area (Å²) in [6.45, 7) is 2.49. The van der Waals surface area contributed by atoms with Crippen LogP contribution in [0.25, 0.3) is 11.4 Å². The Hall–Kier alpha value is -1.99. The minimum Gasteiger partial charge on any atom is -0.369 e. The van der Waals surface area contributed by atoms with Gasteiger partial charge in [-0.3, -0.25) is 4.21 Å². The molecule has 1 heterocycles. The molecule has 1 aromatic heterocycles. The van der Waals surface area contributed by atoms with E-state index in [1.165, 1.54) is 0 Å². The molecule has 0 aliphatic carbocycles. The fourth-order valence-corrected chi connectivity index (χ4v) is 2.01. The highest BCUT2D eigenvalue weighted by molar-refractivity contribution is 7.84. The number of nitrogens with two attached hydrogens (primary N) is 1. The summed E-state index contributed by atoms with van der Waals surface area (Å²) in [6.07, 6.45) is 1.69. The van der Waals surface area contributed by atoms with Crippen molar-refractivity contribution in [3.8, 4) is 11.4 Å². The van der Waals surface area contributed by atoms with E-state index in [1.807, 2.05) is 37.3 Å². The molecule has 21 heavy (non-hydrogen) atoms.